The zero-order chi connectivity index (χ0) is 19.7. The predicted molar refractivity (Wildman–Crippen MR) is 103 cm³/mol. The van der Waals surface area contributed by atoms with E-state index in [0.29, 0.717) is 22.6 Å². The predicted octanol–water partition coefficient (Wildman–Crippen LogP) is 5.34. The first kappa shape index (κ1) is 18.3. The first-order chi connectivity index (χ1) is 13.4. The molecule has 2 aromatic carbocycles. The van der Waals surface area contributed by atoms with Gasteiger partial charge in [0.15, 0.2) is 0 Å². The van der Waals surface area contributed by atoms with Crippen molar-refractivity contribution >= 4 is 28.2 Å². The van der Waals surface area contributed by atoms with Crippen LogP contribution in [0.5, 0.6) is 0 Å². The number of nitrogens with zero attached hydrogens (tertiary/aromatic N) is 1. The van der Waals surface area contributed by atoms with Crippen LogP contribution in [0.4, 0.5) is 24.5 Å². The second-order valence-corrected chi connectivity index (χ2v) is 6.85. The van der Waals surface area contributed by atoms with E-state index in [4.69, 9.17) is 0 Å². The molecule has 0 radical (unpaired) electrons. The van der Waals surface area contributed by atoms with Gasteiger partial charge in [-0.15, -0.1) is 0 Å². The second kappa shape index (κ2) is 7.14. The van der Waals surface area contributed by atoms with E-state index in [-0.39, 0.29) is 11.6 Å². The second-order valence-electron chi connectivity index (χ2n) is 6.85. The van der Waals surface area contributed by atoms with Gasteiger partial charge >= 0.3 is 6.18 Å². The number of anilines is 2. The topological polar surface area (TPSA) is 54.0 Å². The first-order valence-corrected chi connectivity index (χ1v) is 9.01. The van der Waals surface area contributed by atoms with Crippen LogP contribution in [-0.4, -0.2) is 23.6 Å². The van der Waals surface area contributed by atoms with Crippen LogP contribution in [-0.2, 0) is 0 Å². The number of aromatic nitrogens is 1. The van der Waals surface area contributed by atoms with Crippen molar-refractivity contribution in [1.82, 2.24) is 4.98 Å². The molecule has 1 aliphatic carbocycles. The van der Waals surface area contributed by atoms with Gasteiger partial charge in [0.05, 0.1) is 22.5 Å². The van der Waals surface area contributed by atoms with Gasteiger partial charge in [-0.2, -0.15) is 13.2 Å². The molecule has 144 valence electrons. The summed E-state index contributed by atoms with van der Waals surface area (Å²) in [6.07, 6.45) is -2.25. The lowest BCUT2D eigenvalue weighted by molar-refractivity contribution is -0.115. The lowest BCUT2D eigenvalue weighted by atomic mass is 10.1. The van der Waals surface area contributed by atoms with Gasteiger partial charge in [0.25, 0.3) is 5.91 Å². The van der Waals surface area contributed by atoms with Gasteiger partial charge in [-0.25, -0.2) is 0 Å². The normalized spacial score (nSPS) is 14.1. The first-order valence-electron chi connectivity index (χ1n) is 9.01. The number of amides is 1. The van der Waals surface area contributed by atoms with Gasteiger partial charge in [0.1, 0.15) is 6.54 Å². The van der Waals surface area contributed by atoms with E-state index in [2.05, 4.69) is 15.6 Å². The molecule has 4 rings (SSSR count). The summed E-state index contributed by atoms with van der Waals surface area (Å²) in [4.78, 5) is 17.6. The molecule has 1 heterocycles. The molecule has 0 spiro atoms. The van der Waals surface area contributed by atoms with Crippen LogP contribution in [0.3, 0.4) is 0 Å². The fourth-order valence-corrected chi connectivity index (χ4v) is 3.10. The quantitative estimate of drug-likeness (QED) is 0.623. The van der Waals surface area contributed by atoms with Crippen LogP contribution >= 0.6 is 0 Å². The number of rotatable bonds is 5. The molecular weight excluding hydrogens is 367 g/mol. The largest absolute Gasteiger partial charge is 0.405 e. The number of alkyl halides is 3. The Bertz CT molecular complexity index is 1030. The van der Waals surface area contributed by atoms with E-state index in [1.54, 1.807) is 24.3 Å². The maximum Gasteiger partial charge on any atom is 0.405 e. The van der Waals surface area contributed by atoms with Crippen molar-refractivity contribution in [2.45, 2.75) is 24.9 Å². The van der Waals surface area contributed by atoms with Gasteiger partial charge < -0.3 is 10.6 Å². The summed E-state index contributed by atoms with van der Waals surface area (Å²) >= 11 is 0. The van der Waals surface area contributed by atoms with Crippen LogP contribution in [0.2, 0.25) is 0 Å². The molecule has 3 aromatic rings. The summed E-state index contributed by atoms with van der Waals surface area (Å²) in [6.45, 7) is -1.18. The van der Waals surface area contributed by atoms with Crippen molar-refractivity contribution in [3.8, 4) is 0 Å². The summed E-state index contributed by atoms with van der Waals surface area (Å²) < 4.78 is 37.6. The van der Waals surface area contributed by atoms with Gasteiger partial charge in [-0.1, -0.05) is 30.3 Å². The van der Waals surface area contributed by atoms with Crippen LogP contribution in [0.15, 0.2) is 54.6 Å². The van der Waals surface area contributed by atoms with Crippen molar-refractivity contribution in [3.63, 3.8) is 0 Å². The summed E-state index contributed by atoms with van der Waals surface area (Å²) in [7, 11) is 0. The lowest BCUT2D eigenvalue weighted by Gasteiger charge is -2.15. The third-order valence-electron chi connectivity index (χ3n) is 4.63. The van der Waals surface area contributed by atoms with Crippen LogP contribution in [0.25, 0.3) is 10.9 Å². The van der Waals surface area contributed by atoms with Gasteiger partial charge in [-0.05, 0) is 37.1 Å². The number of halogens is 3. The highest BCUT2D eigenvalue weighted by atomic mass is 19.4. The molecule has 0 bridgehead atoms. The smallest absolute Gasteiger partial charge is 0.375 e. The molecule has 0 saturated heterocycles. The van der Waals surface area contributed by atoms with Crippen molar-refractivity contribution in [2.75, 3.05) is 17.2 Å². The Kier molecular flexibility index (Phi) is 4.66. The molecule has 0 aliphatic heterocycles. The number of hydrogen-bond donors (Lipinski definition) is 2. The number of fused-ring (bicyclic) bond motifs is 1. The molecular formula is C21H18F3N3O. The van der Waals surface area contributed by atoms with Gasteiger partial charge in [-0.3, -0.25) is 9.78 Å². The highest BCUT2D eigenvalue weighted by Crippen LogP contribution is 2.40. The van der Waals surface area contributed by atoms with Crippen LogP contribution < -0.4 is 10.6 Å². The summed E-state index contributed by atoms with van der Waals surface area (Å²) in [5.41, 5.74) is 2.60. The van der Waals surface area contributed by atoms with Crippen LogP contribution in [0.1, 0.15) is 34.8 Å². The molecule has 0 atom stereocenters. The average molecular weight is 385 g/mol. The number of hydrogen-bond acceptors (Lipinski definition) is 3. The number of benzene rings is 2. The standard InChI is InChI=1S/C21H18F3N3O/c22-21(23,24)12-25-17-7-3-4-8-18(17)27-20(28)15-11-19(13-9-10-13)26-16-6-2-1-5-14(15)16/h1-8,11,13,25H,9-10,12H2,(H,27,28). The van der Waals surface area contributed by atoms with Crippen molar-refractivity contribution in [3.05, 3.63) is 65.9 Å². The van der Waals surface area contributed by atoms with E-state index in [1.807, 2.05) is 24.3 Å². The number of nitrogens with one attached hydrogen (secondary N) is 2. The Balaban J connectivity index is 1.64. The average Bonchev–Trinajstić information content (AvgIpc) is 3.51. The lowest BCUT2D eigenvalue weighted by Crippen LogP contribution is -2.22. The number of pyridine rings is 1. The fraction of sp³-hybridized carbons (Fsp3) is 0.238. The molecule has 1 aliphatic rings. The zero-order valence-electron chi connectivity index (χ0n) is 14.9. The highest BCUT2D eigenvalue weighted by Gasteiger charge is 2.28. The van der Waals surface area contributed by atoms with Gasteiger partial charge in [0, 0.05) is 17.0 Å². The van der Waals surface area contributed by atoms with E-state index in [1.165, 1.54) is 6.07 Å². The minimum Gasteiger partial charge on any atom is -0.375 e. The Morgan fingerprint density at radius 1 is 1.04 bits per heavy atom. The molecule has 1 fully saturated rings. The minimum atomic E-state index is -4.35. The highest BCUT2D eigenvalue weighted by molar-refractivity contribution is 6.13. The van der Waals surface area contributed by atoms with E-state index in [0.717, 1.165) is 24.1 Å². The SMILES string of the molecule is O=C(Nc1ccccc1NCC(F)(F)F)c1cc(C2CC2)nc2ccccc12. The summed E-state index contributed by atoms with van der Waals surface area (Å²) in [6, 6.07) is 15.5. The number of carbonyl (C=O) groups is 1. The molecule has 28 heavy (non-hydrogen) atoms. The van der Waals surface area contributed by atoms with Crippen molar-refractivity contribution in [2.24, 2.45) is 0 Å². The van der Waals surface area contributed by atoms with Crippen molar-refractivity contribution in [1.29, 1.82) is 0 Å². The molecule has 2 N–H and O–H groups in total. The van der Waals surface area contributed by atoms with Crippen LogP contribution in [0, 0.1) is 0 Å². The maximum atomic E-state index is 13.0. The minimum absolute atomic E-state index is 0.217. The molecule has 1 saturated carbocycles. The third-order valence-corrected chi connectivity index (χ3v) is 4.63. The maximum absolute atomic E-state index is 13.0. The van der Waals surface area contributed by atoms with E-state index < -0.39 is 12.7 Å². The summed E-state index contributed by atoms with van der Waals surface area (Å²) in [5.74, 6) is -0.00125. The monoisotopic (exact) mass is 385 g/mol. The third kappa shape index (κ3) is 4.08. The molecule has 7 heteroatoms. The van der Waals surface area contributed by atoms with Gasteiger partial charge in [0.2, 0.25) is 0 Å². The molecule has 0 unspecified atom stereocenters. The molecule has 1 amide bonds. The zero-order valence-corrected chi connectivity index (χ0v) is 14.9. The fourth-order valence-electron chi connectivity index (χ4n) is 3.10. The molecule has 4 nitrogen and oxygen atoms in total. The Morgan fingerprint density at radius 3 is 2.43 bits per heavy atom. The Hall–Kier alpha value is -3.09. The summed E-state index contributed by atoms with van der Waals surface area (Å²) in [5, 5.41) is 5.79. The number of para-hydroxylation sites is 3. The Labute approximate surface area is 159 Å². The molecule has 1 aromatic heterocycles. The Morgan fingerprint density at radius 2 is 1.71 bits per heavy atom. The van der Waals surface area contributed by atoms with E-state index >= 15 is 0 Å². The van der Waals surface area contributed by atoms with E-state index in [9.17, 15) is 18.0 Å². The number of carbonyl (C=O) groups excluding carboxylic acids is 1. The van der Waals surface area contributed by atoms with Crippen molar-refractivity contribution < 1.29 is 18.0 Å².